The van der Waals surface area contributed by atoms with Gasteiger partial charge in [0, 0.05) is 25.5 Å². The normalized spacial score (nSPS) is 11.9. The van der Waals surface area contributed by atoms with Crippen molar-refractivity contribution in [1.29, 1.82) is 0 Å². The van der Waals surface area contributed by atoms with Gasteiger partial charge >= 0.3 is 0 Å². The molecular formula is C14H17FN4O. The molecule has 1 unspecified atom stereocenters. The fourth-order valence-corrected chi connectivity index (χ4v) is 2.00. The molecule has 1 atom stereocenters. The largest absolute Gasteiger partial charge is 0.385 e. The standard InChI is InChI=1S/C14H17FN4O/c1-10(9-19-8-4-7-17-19)18-14(20)11-5-3-6-12(15)13(11)16-2/h3-8,10,16H,9H2,1-2H3,(H,18,20). The fraction of sp³-hybridized carbons (Fsp3) is 0.286. The number of halogens is 1. The van der Waals surface area contributed by atoms with Crippen LogP contribution in [0.15, 0.2) is 36.7 Å². The van der Waals surface area contributed by atoms with Gasteiger partial charge in [-0.25, -0.2) is 4.39 Å². The van der Waals surface area contributed by atoms with Crippen molar-refractivity contribution < 1.29 is 9.18 Å². The van der Waals surface area contributed by atoms with E-state index in [0.717, 1.165) is 0 Å². The topological polar surface area (TPSA) is 59.0 Å². The highest BCUT2D eigenvalue weighted by atomic mass is 19.1. The van der Waals surface area contributed by atoms with Crippen LogP contribution in [-0.4, -0.2) is 28.8 Å². The first-order valence-corrected chi connectivity index (χ1v) is 6.36. The average Bonchev–Trinajstić information content (AvgIpc) is 2.90. The lowest BCUT2D eigenvalue weighted by molar-refractivity contribution is 0.0936. The Hall–Kier alpha value is -2.37. The summed E-state index contributed by atoms with van der Waals surface area (Å²) in [5, 5.41) is 9.62. The van der Waals surface area contributed by atoms with Gasteiger partial charge in [0.05, 0.1) is 17.8 Å². The van der Waals surface area contributed by atoms with E-state index in [2.05, 4.69) is 15.7 Å². The van der Waals surface area contributed by atoms with Crippen molar-refractivity contribution in [2.75, 3.05) is 12.4 Å². The number of amides is 1. The van der Waals surface area contributed by atoms with E-state index in [1.807, 2.05) is 19.2 Å². The van der Waals surface area contributed by atoms with Crippen molar-refractivity contribution in [1.82, 2.24) is 15.1 Å². The molecule has 0 bridgehead atoms. The maximum atomic E-state index is 13.6. The predicted molar refractivity (Wildman–Crippen MR) is 75.1 cm³/mol. The van der Waals surface area contributed by atoms with Crippen LogP contribution < -0.4 is 10.6 Å². The Labute approximate surface area is 116 Å². The summed E-state index contributed by atoms with van der Waals surface area (Å²) in [4.78, 5) is 12.2. The number of anilines is 1. The number of hydrogen-bond acceptors (Lipinski definition) is 3. The van der Waals surface area contributed by atoms with Crippen LogP contribution in [0.2, 0.25) is 0 Å². The molecule has 0 spiro atoms. The maximum absolute atomic E-state index is 13.6. The highest BCUT2D eigenvalue weighted by Gasteiger charge is 2.16. The molecule has 0 fully saturated rings. The molecule has 2 aromatic rings. The van der Waals surface area contributed by atoms with Crippen molar-refractivity contribution in [3.05, 3.63) is 48.0 Å². The summed E-state index contributed by atoms with van der Waals surface area (Å²) in [5.41, 5.74) is 0.496. The number of rotatable bonds is 5. The van der Waals surface area contributed by atoms with E-state index in [4.69, 9.17) is 0 Å². The highest BCUT2D eigenvalue weighted by Crippen LogP contribution is 2.19. The van der Waals surface area contributed by atoms with Gasteiger partial charge in [0.1, 0.15) is 5.82 Å². The third-order valence-corrected chi connectivity index (χ3v) is 2.91. The second kappa shape index (κ2) is 6.18. The van der Waals surface area contributed by atoms with Crippen molar-refractivity contribution in [2.24, 2.45) is 0 Å². The van der Waals surface area contributed by atoms with Crippen molar-refractivity contribution in [3.63, 3.8) is 0 Å². The average molecular weight is 276 g/mol. The minimum atomic E-state index is -0.445. The van der Waals surface area contributed by atoms with Gasteiger partial charge in [-0.1, -0.05) is 6.07 Å². The predicted octanol–water partition coefficient (Wildman–Crippen LogP) is 1.88. The number of carbonyl (C=O) groups is 1. The zero-order valence-electron chi connectivity index (χ0n) is 11.4. The van der Waals surface area contributed by atoms with Crippen LogP contribution in [0, 0.1) is 5.82 Å². The zero-order chi connectivity index (χ0) is 14.5. The van der Waals surface area contributed by atoms with Crippen LogP contribution in [0.4, 0.5) is 10.1 Å². The molecule has 20 heavy (non-hydrogen) atoms. The third kappa shape index (κ3) is 3.14. The first kappa shape index (κ1) is 14.0. The van der Waals surface area contributed by atoms with E-state index in [1.54, 1.807) is 24.0 Å². The number of benzene rings is 1. The van der Waals surface area contributed by atoms with E-state index in [9.17, 15) is 9.18 Å². The van der Waals surface area contributed by atoms with Gasteiger partial charge < -0.3 is 10.6 Å². The number of nitrogens with zero attached hydrogens (tertiary/aromatic N) is 2. The molecule has 2 N–H and O–H groups in total. The summed E-state index contributed by atoms with van der Waals surface area (Å²) in [6.45, 7) is 2.43. The molecular weight excluding hydrogens is 259 g/mol. The van der Waals surface area contributed by atoms with Gasteiger partial charge in [-0.05, 0) is 25.1 Å². The molecule has 0 aliphatic carbocycles. The molecule has 0 aliphatic rings. The minimum Gasteiger partial charge on any atom is -0.385 e. The minimum absolute atomic E-state index is 0.115. The summed E-state index contributed by atoms with van der Waals surface area (Å²) in [6.07, 6.45) is 3.50. The molecule has 1 amide bonds. The van der Waals surface area contributed by atoms with Gasteiger partial charge in [0.25, 0.3) is 5.91 Å². The first-order valence-electron chi connectivity index (χ1n) is 6.36. The lowest BCUT2D eigenvalue weighted by atomic mass is 10.1. The summed E-state index contributed by atoms with van der Waals surface area (Å²) in [7, 11) is 1.59. The Bertz CT molecular complexity index is 583. The molecule has 0 aliphatic heterocycles. The summed E-state index contributed by atoms with van der Waals surface area (Å²) in [6, 6.07) is 6.12. The number of para-hydroxylation sites is 1. The van der Waals surface area contributed by atoms with Crippen LogP contribution >= 0.6 is 0 Å². The van der Waals surface area contributed by atoms with Crippen molar-refractivity contribution >= 4 is 11.6 Å². The quantitative estimate of drug-likeness (QED) is 0.876. The number of carbonyl (C=O) groups excluding carboxylic acids is 1. The molecule has 0 saturated carbocycles. The molecule has 1 heterocycles. The summed E-state index contributed by atoms with van der Waals surface area (Å²) < 4.78 is 15.3. The van der Waals surface area contributed by atoms with E-state index >= 15 is 0 Å². The van der Waals surface area contributed by atoms with Crippen LogP contribution in [0.5, 0.6) is 0 Å². The molecule has 106 valence electrons. The second-order valence-electron chi connectivity index (χ2n) is 4.52. The Morgan fingerprint density at radius 2 is 2.25 bits per heavy atom. The van der Waals surface area contributed by atoms with Crippen LogP contribution in [0.25, 0.3) is 0 Å². The van der Waals surface area contributed by atoms with Crippen molar-refractivity contribution in [2.45, 2.75) is 19.5 Å². The van der Waals surface area contributed by atoms with Gasteiger partial charge in [-0.2, -0.15) is 5.10 Å². The molecule has 5 nitrogen and oxygen atoms in total. The second-order valence-corrected chi connectivity index (χ2v) is 4.52. The SMILES string of the molecule is CNc1c(F)cccc1C(=O)NC(C)Cn1cccn1. The van der Waals surface area contributed by atoms with Crippen LogP contribution in [-0.2, 0) is 6.54 Å². The molecule has 1 aromatic carbocycles. The third-order valence-electron chi connectivity index (χ3n) is 2.91. The first-order chi connectivity index (χ1) is 9.61. The Morgan fingerprint density at radius 1 is 1.45 bits per heavy atom. The van der Waals surface area contributed by atoms with Crippen LogP contribution in [0.3, 0.4) is 0 Å². The monoisotopic (exact) mass is 276 g/mol. The lowest BCUT2D eigenvalue weighted by Gasteiger charge is -2.16. The van der Waals surface area contributed by atoms with E-state index in [0.29, 0.717) is 12.1 Å². The van der Waals surface area contributed by atoms with E-state index in [-0.39, 0.29) is 17.6 Å². The smallest absolute Gasteiger partial charge is 0.253 e. The van der Waals surface area contributed by atoms with Gasteiger partial charge in [-0.15, -0.1) is 0 Å². The Balaban J connectivity index is 2.06. The van der Waals surface area contributed by atoms with E-state index in [1.165, 1.54) is 12.1 Å². The maximum Gasteiger partial charge on any atom is 0.253 e. The highest BCUT2D eigenvalue weighted by molar-refractivity contribution is 5.99. The number of hydrogen-bond donors (Lipinski definition) is 2. The van der Waals surface area contributed by atoms with E-state index < -0.39 is 5.82 Å². The van der Waals surface area contributed by atoms with Gasteiger partial charge in [-0.3, -0.25) is 9.48 Å². The molecule has 0 radical (unpaired) electrons. The van der Waals surface area contributed by atoms with Gasteiger partial charge in [0.2, 0.25) is 0 Å². The number of nitrogens with one attached hydrogen (secondary N) is 2. The zero-order valence-corrected chi connectivity index (χ0v) is 11.4. The fourth-order valence-electron chi connectivity index (χ4n) is 2.00. The Morgan fingerprint density at radius 3 is 2.90 bits per heavy atom. The lowest BCUT2D eigenvalue weighted by Crippen LogP contribution is -2.36. The number of aromatic nitrogens is 2. The van der Waals surface area contributed by atoms with Crippen LogP contribution in [0.1, 0.15) is 17.3 Å². The molecule has 6 heteroatoms. The summed E-state index contributed by atoms with van der Waals surface area (Å²) in [5.74, 6) is -0.756. The molecule has 0 saturated heterocycles. The summed E-state index contributed by atoms with van der Waals surface area (Å²) >= 11 is 0. The molecule has 2 rings (SSSR count). The molecule has 1 aromatic heterocycles. The van der Waals surface area contributed by atoms with Gasteiger partial charge in [0.15, 0.2) is 0 Å². The van der Waals surface area contributed by atoms with Crippen molar-refractivity contribution in [3.8, 4) is 0 Å². The Kier molecular flexibility index (Phi) is 4.34.